The van der Waals surface area contributed by atoms with Crippen LogP contribution in [0.2, 0.25) is 0 Å². The van der Waals surface area contributed by atoms with Gasteiger partial charge < -0.3 is 11.5 Å². The van der Waals surface area contributed by atoms with Crippen LogP contribution in [0.1, 0.15) is 25.0 Å². The van der Waals surface area contributed by atoms with Gasteiger partial charge in [0.05, 0.1) is 9.90 Å². The molecule has 1 heterocycles. The van der Waals surface area contributed by atoms with E-state index in [1.54, 1.807) is 11.3 Å². The highest BCUT2D eigenvalue weighted by Crippen LogP contribution is 2.39. The summed E-state index contributed by atoms with van der Waals surface area (Å²) < 4.78 is 1.24. The van der Waals surface area contributed by atoms with Crippen LogP contribution < -0.4 is 11.5 Å². The Morgan fingerprint density at radius 3 is 2.79 bits per heavy atom. The summed E-state index contributed by atoms with van der Waals surface area (Å²) in [5.41, 5.74) is 12.7. The smallest absolute Gasteiger partial charge is 0.181 e. The Balaban J connectivity index is 2.06. The van der Waals surface area contributed by atoms with Gasteiger partial charge in [-0.1, -0.05) is 17.8 Å². The largest absolute Gasteiger partial charge is 0.375 e. The van der Waals surface area contributed by atoms with Crippen molar-refractivity contribution in [3.63, 3.8) is 0 Å². The van der Waals surface area contributed by atoms with Gasteiger partial charge in [0.1, 0.15) is 0 Å². The molecule has 78 valence electrons. The lowest BCUT2D eigenvalue weighted by Crippen LogP contribution is -2.26. The van der Waals surface area contributed by atoms with E-state index in [0.29, 0.717) is 16.4 Å². The van der Waals surface area contributed by atoms with E-state index < -0.39 is 0 Å². The Bertz CT molecular complexity index is 324. The molecule has 1 aromatic rings. The molecule has 1 aromatic heterocycles. The average Bonchev–Trinajstić information content (AvgIpc) is 2.62. The number of anilines is 1. The first-order valence-corrected chi connectivity index (χ1v) is 6.51. The maximum Gasteiger partial charge on any atom is 0.181 e. The van der Waals surface area contributed by atoms with Gasteiger partial charge in [-0.15, -0.1) is 11.8 Å². The number of aryl methyl sites for hydroxylation is 1. The molecule has 0 radical (unpaired) electrons. The second-order valence-corrected chi connectivity index (χ2v) is 6.21. The summed E-state index contributed by atoms with van der Waals surface area (Å²) >= 11 is 3.44. The Kier molecular flexibility index (Phi) is 2.99. The summed E-state index contributed by atoms with van der Waals surface area (Å²) in [5.74, 6) is 0. The van der Waals surface area contributed by atoms with Crippen molar-refractivity contribution in [3.8, 4) is 0 Å². The molecular formula is C9H15N3S2. The number of nitrogens with two attached hydrogens (primary N) is 2. The van der Waals surface area contributed by atoms with Crippen molar-refractivity contribution in [2.75, 3.05) is 5.73 Å². The fourth-order valence-electron chi connectivity index (χ4n) is 1.75. The average molecular weight is 229 g/mol. The predicted molar refractivity (Wildman–Crippen MR) is 62.7 cm³/mol. The van der Waals surface area contributed by atoms with Crippen molar-refractivity contribution in [2.45, 2.75) is 41.7 Å². The standard InChI is InChI=1S/C9H15N3S2/c1-5-8(14-9(11)12-5)13-7-4-2-3-6(7)10/h6-7H,2-4,10H2,1H3,(H2,11,12). The number of nitrogens with zero attached hydrogens (tertiary/aromatic N) is 1. The maximum absolute atomic E-state index is 6.02. The minimum atomic E-state index is 0.350. The van der Waals surface area contributed by atoms with Crippen molar-refractivity contribution in [2.24, 2.45) is 5.73 Å². The van der Waals surface area contributed by atoms with E-state index >= 15 is 0 Å². The van der Waals surface area contributed by atoms with Crippen LogP contribution in [0.25, 0.3) is 0 Å². The zero-order chi connectivity index (χ0) is 10.1. The molecule has 1 fully saturated rings. The first kappa shape index (κ1) is 10.3. The molecule has 2 rings (SSSR count). The minimum Gasteiger partial charge on any atom is -0.375 e. The van der Waals surface area contributed by atoms with Gasteiger partial charge in [0.25, 0.3) is 0 Å². The molecule has 0 bridgehead atoms. The van der Waals surface area contributed by atoms with Gasteiger partial charge in [0.2, 0.25) is 0 Å². The molecule has 1 saturated carbocycles. The molecule has 3 nitrogen and oxygen atoms in total. The Labute approximate surface area is 92.3 Å². The minimum absolute atomic E-state index is 0.350. The van der Waals surface area contributed by atoms with E-state index in [2.05, 4.69) is 4.98 Å². The highest BCUT2D eigenvalue weighted by Gasteiger charge is 2.26. The number of hydrogen-bond acceptors (Lipinski definition) is 5. The summed E-state index contributed by atoms with van der Waals surface area (Å²) in [6.45, 7) is 2.01. The monoisotopic (exact) mass is 229 g/mol. The first-order chi connectivity index (χ1) is 6.66. The fourth-order valence-corrected chi connectivity index (χ4v) is 4.22. The first-order valence-electron chi connectivity index (χ1n) is 4.82. The van der Waals surface area contributed by atoms with Crippen molar-refractivity contribution in [1.29, 1.82) is 0 Å². The summed E-state index contributed by atoms with van der Waals surface area (Å²) in [6.07, 6.45) is 3.64. The number of rotatable bonds is 2. The van der Waals surface area contributed by atoms with Gasteiger partial charge in [-0.2, -0.15) is 0 Å². The van der Waals surface area contributed by atoms with Crippen LogP contribution >= 0.6 is 23.1 Å². The molecule has 1 aliphatic rings. The molecule has 0 spiro atoms. The van der Waals surface area contributed by atoms with Gasteiger partial charge >= 0.3 is 0 Å². The van der Waals surface area contributed by atoms with Crippen LogP contribution in [-0.4, -0.2) is 16.3 Å². The van der Waals surface area contributed by atoms with Gasteiger partial charge in [-0.25, -0.2) is 4.98 Å². The molecule has 0 saturated heterocycles. The molecule has 4 N–H and O–H groups in total. The van der Waals surface area contributed by atoms with Crippen molar-refractivity contribution in [1.82, 2.24) is 4.98 Å². The number of aromatic nitrogens is 1. The number of nitrogen functional groups attached to an aromatic ring is 1. The SMILES string of the molecule is Cc1nc(N)sc1SC1CCCC1N. The second-order valence-electron chi connectivity index (χ2n) is 3.68. The normalized spacial score (nSPS) is 27.0. The number of hydrogen-bond donors (Lipinski definition) is 2. The number of thiazole rings is 1. The van der Waals surface area contributed by atoms with E-state index in [0.717, 1.165) is 12.1 Å². The van der Waals surface area contributed by atoms with Crippen molar-refractivity contribution >= 4 is 28.2 Å². The van der Waals surface area contributed by atoms with Gasteiger partial charge in [-0.3, -0.25) is 0 Å². The van der Waals surface area contributed by atoms with Crippen LogP contribution in [0.15, 0.2) is 4.21 Å². The Morgan fingerprint density at radius 2 is 2.29 bits per heavy atom. The van der Waals surface area contributed by atoms with Gasteiger partial charge in [0.15, 0.2) is 5.13 Å². The molecule has 0 amide bonds. The Morgan fingerprint density at radius 1 is 1.50 bits per heavy atom. The molecule has 0 aromatic carbocycles. The zero-order valence-electron chi connectivity index (χ0n) is 8.19. The number of thioether (sulfide) groups is 1. The lowest BCUT2D eigenvalue weighted by Gasteiger charge is -2.13. The van der Waals surface area contributed by atoms with E-state index in [-0.39, 0.29) is 0 Å². The van der Waals surface area contributed by atoms with E-state index in [9.17, 15) is 0 Å². The molecule has 0 aliphatic heterocycles. The van der Waals surface area contributed by atoms with Crippen molar-refractivity contribution < 1.29 is 0 Å². The third-order valence-electron chi connectivity index (χ3n) is 2.53. The molecular weight excluding hydrogens is 214 g/mol. The molecule has 1 aliphatic carbocycles. The van der Waals surface area contributed by atoms with Gasteiger partial charge in [-0.05, 0) is 19.8 Å². The summed E-state index contributed by atoms with van der Waals surface area (Å²) in [4.78, 5) is 4.21. The third-order valence-corrected chi connectivity index (χ3v) is 5.25. The van der Waals surface area contributed by atoms with Crippen molar-refractivity contribution in [3.05, 3.63) is 5.69 Å². The molecule has 5 heteroatoms. The van der Waals surface area contributed by atoms with Crippen LogP contribution in [0, 0.1) is 6.92 Å². The third kappa shape index (κ3) is 2.04. The van der Waals surface area contributed by atoms with E-state index in [4.69, 9.17) is 11.5 Å². The van der Waals surface area contributed by atoms with Crippen LogP contribution in [-0.2, 0) is 0 Å². The summed E-state index contributed by atoms with van der Waals surface area (Å²) in [6, 6.07) is 0.350. The quantitative estimate of drug-likeness (QED) is 0.814. The van der Waals surface area contributed by atoms with Crippen LogP contribution in [0.3, 0.4) is 0 Å². The zero-order valence-corrected chi connectivity index (χ0v) is 9.83. The topological polar surface area (TPSA) is 64.9 Å². The summed E-state index contributed by atoms with van der Waals surface area (Å²) in [7, 11) is 0. The second kappa shape index (κ2) is 4.08. The maximum atomic E-state index is 6.02. The van der Waals surface area contributed by atoms with Crippen LogP contribution in [0.4, 0.5) is 5.13 Å². The molecule has 2 atom stereocenters. The van der Waals surface area contributed by atoms with E-state index in [1.807, 2.05) is 18.7 Å². The lowest BCUT2D eigenvalue weighted by atomic mass is 10.3. The summed E-state index contributed by atoms with van der Waals surface area (Å²) in [5, 5.41) is 1.23. The Hall–Kier alpha value is -0.260. The van der Waals surface area contributed by atoms with E-state index in [1.165, 1.54) is 17.1 Å². The van der Waals surface area contributed by atoms with Crippen LogP contribution in [0.5, 0.6) is 0 Å². The highest BCUT2D eigenvalue weighted by atomic mass is 32.2. The van der Waals surface area contributed by atoms with Gasteiger partial charge in [0, 0.05) is 11.3 Å². The predicted octanol–water partition coefficient (Wildman–Crippen LogP) is 2.01. The molecule has 2 unspecified atom stereocenters. The molecule has 14 heavy (non-hydrogen) atoms. The lowest BCUT2D eigenvalue weighted by molar-refractivity contribution is 0.716. The fraction of sp³-hybridized carbons (Fsp3) is 0.667. The highest BCUT2D eigenvalue weighted by molar-refractivity contribution is 8.01.